The molecule has 4 heterocycles. The zero-order valence-electron chi connectivity index (χ0n) is 14.3. The van der Waals surface area contributed by atoms with Gasteiger partial charge in [-0.15, -0.1) is 0 Å². The molecule has 0 aliphatic carbocycles. The Bertz CT molecular complexity index is 854. The number of hydrogen-bond acceptors (Lipinski definition) is 5. The zero-order valence-corrected chi connectivity index (χ0v) is 14.3. The van der Waals surface area contributed by atoms with Crippen LogP contribution in [-0.2, 0) is 13.1 Å². The minimum atomic E-state index is -0.430. The molecule has 4 rings (SSSR count). The smallest absolute Gasteiger partial charge is 0.250 e. The van der Waals surface area contributed by atoms with Crippen LogP contribution < -0.4 is 9.64 Å². The molecule has 1 atom stereocenters. The molecule has 0 amide bonds. The van der Waals surface area contributed by atoms with E-state index >= 15 is 0 Å². The third-order valence-corrected chi connectivity index (χ3v) is 4.53. The number of nitrogens with zero attached hydrogens (tertiary/aromatic N) is 5. The summed E-state index contributed by atoms with van der Waals surface area (Å²) >= 11 is 0. The summed E-state index contributed by atoms with van der Waals surface area (Å²) in [6, 6.07) is 8.91. The lowest BCUT2D eigenvalue weighted by molar-refractivity contribution is 0.250. The van der Waals surface area contributed by atoms with E-state index in [1.54, 1.807) is 18.5 Å². The number of aromatic nitrogens is 4. The van der Waals surface area contributed by atoms with Crippen LogP contribution in [0.2, 0.25) is 0 Å². The summed E-state index contributed by atoms with van der Waals surface area (Å²) in [6.07, 6.45) is 7.93. The second kappa shape index (κ2) is 7.51. The van der Waals surface area contributed by atoms with Crippen LogP contribution in [0.3, 0.4) is 0 Å². The highest BCUT2D eigenvalue weighted by Crippen LogP contribution is 2.22. The largest absolute Gasteiger partial charge is 0.476 e. The standard InChI is InChI=1S/C19H20FN5O/c20-17-5-1-7-21-18(17)26-11-6-15-12-24-10-2-4-16(24)14-25(13-15)19-22-8-3-9-23-19/h1-5,7-10,15H,6,11-14H2/t15-/m0/s1. The molecule has 0 N–H and O–H groups in total. The topological polar surface area (TPSA) is 56.1 Å². The first-order chi connectivity index (χ1) is 12.8. The molecular weight excluding hydrogens is 333 g/mol. The molecule has 3 aromatic heterocycles. The molecule has 134 valence electrons. The third-order valence-electron chi connectivity index (χ3n) is 4.53. The van der Waals surface area contributed by atoms with E-state index in [1.807, 2.05) is 6.07 Å². The first-order valence-corrected chi connectivity index (χ1v) is 8.69. The van der Waals surface area contributed by atoms with Gasteiger partial charge in [0.25, 0.3) is 0 Å². The van der Waals surface area contributed by atoms with Crippen molar-refractivity contribution in [2.75, 3.05) is 18.1 Å². The van der Waals surface area contributed by atoms with Gasteiger partial charge in [-0.2, -0.15) is 0 Å². The fraction of sp³-hybridized carbons (Fsp3) is 0.316. The van der Waals surface area contributed by atoms with Crippen LogP contribution in [-0.4, -0.2) is 32.7 Å². The Balaban J connectivity index is 1.46. The molecule has 0 bridgehead atoms. The summed E-state index contributed by atoms with van der Waals surface area (Å²) in [5, 5.41) is 0. The molecule has 1 aliphatic heterocycles. The number of halogens is 1. The van der Waals surface area contributed by atoms with E-state index in [0.29, 0.717) is 12.5 Å². The fourth-order valence-corrected chi connectivity index (χ4v) is 3.27. The van der Waals surface area contributed by atoms with Gasteiger partial charge in [0.05, 0.1) is 13.2 Å². The Kier molecular flexibility index (Phi) is 4.77. The fourth-order valence-electron chi connectivity index (χ4n) is 3.27. The maximum Gasteiger partial charge on any atom is 0.250 e. The van der Waals surface area contributed by atoms with Crippen molar-refractivity contribution in [3.63, 3.8) is 0 Å². The maximum atomic E-state index is 13.6. The first-order valence-electron chi connectivity index (χ1n) is 8.69. The van der Waals surface area contributed by atoms with Crippen molar-refractivity contribution >= 4 is 5.95 Å². The zero-order chi connectivity index (χ0) is 17.8. The molecule has 1 aliphatic rings. The van der Waals surface area contributed by atoms with E-state index in [4.69, 9.17) is 4.74 Å². The number of ether oxygens (including phenoxy) is 1. The van der Waals surface area contributed by atoms with Gasteiger partial charge >= 0.3 is 0 Å². The van der Waals surface area contributed by atoms with Crippen molar-refractivity contribution < 1.29 is 9.13 Å². The highest BCUT2D eigenvalue weighted by atomic mass is 19.1. The van der Waals surface area contributed by atoms with Crippen LogP contribution in [0.15, 0.2) is 55.1 Å². The first kappa shape index (κ1) is 16.5. The highest BCUT2D eigenvalue weighted by molar-refractivity contribution is 5.31. The molecule has 0 unspecified atom stereocenters. The molecular formula is C19H20FN5O. The van der Waals surface area contributed by atoms with Gasteiger partial charge in [-0.1, -0.05) is 0 Å². The Hall–Kier alpha value is -2.96. The predicted molar refractivity (Wildman–Crippen MR) is 95.3 cm³/mol. The third kappa shape index (κ3) is 3.66. The van der Waals surface area contributed by atoms with Crippen LogP contribution in [0.4, 0.5) is 10.3 Å². The van der Waals surface area contributed by atoms with Crippen molar-refractivity contribution in [3.8, 4) is 5.88 Å². The monoisotopic (exact) mass is 353 g/mol. The van der Waals surface area contributed by atoms with Crippen LogP contribution in [0.25, 0.3) is 0 Å². The summed E-state index contributed by atoms with van der Waals surface area (Å²) in [4.78, 5) is 14.9. The number of anilines is 1. The predicted octanol–water partition coefficient (Wildman–Crippen LogP) is 2.92. The van der Waals surface area contributed by atoms with E-state index < -0.39 is 5.82 Å². The SMILES string of the molecule is Fc1cccnc1OCC[C@@H]1CN(c2ncccn2)Cc2cccn2C1. The van der Waals surface area contributed by atoms with Crippen molar-refractivity contribution in [1.82, 2.24) is 19.5 Å². The molecule has 0 spiro atoms. The van der Waals surface area contributed by atoms with Crippen molar-refractivity contribution in [2.24, 2.45) is 5.92 Å². The summed E-state index contributed by atoms with van der Waals surface area (Å²) in [5.74, 6) is 0.689. The van der Waals surface area contributed by atoms with Crippen LogP contribution in [0.1, 0.15) is 12.1 Å². The molecule has 26 heavy (non-hydrogen) atoms. The van der Waals surface area contributed by atoms with E-state index in [-0.39, 0.29) is 5.88 Å². The normalized spacial score (nSPS) is 16.8. The molecule has 6 nitrogen and oxygen atoms in total. The summed E-state index contributed by atoms with van der Waals surface area (Å²) in [5.41, 5.74) is 1.23. The highest BCUT2D eigenvalue weighted by Gasteiger charge is 2.23. The van der Waals surface area contributed by atoms with Gasteiger partial charge < -0.3 is 14.2 Å². The maximum absolute atomic E-state index is 13.6. The van der Waals surface area contributed by atoms with Gasteiger partial charge in [0, 0.05) is 43.6 Å². The number of rotatable bonds is 5. The van der Waals surface area contributed by atoms with Gasteiger partial charge in [0.2, 0.25) is 11.8 Å². The summed E-state index contributed by atoms with van der Waals surface area (Å²) in [7, 11) is 0. The Morgan fingerprint density at radius 2 is 1.88 bits per heavy atom. The Labute approximate surface area is 151 Å². The lowest BCUT2D eigenvalue weighted by Crippen LogP contribution is -2.30. The van der Waals surface area contributed by atoms with Gasteiger partial charge in [-0.05, 0) is 42.7 Å². The average molecular weight is 353 g/mol. The number of hydrogen-bond donors (Lipinski definition) is 0. The Morgan fingerprint density at radius 1 is 1.04 bits per heavy atom. The minimum Gasteiger partial charge on any atom is -0.476 e. The van der Waals surface area contributed by atoms with E-state index in [0.717, 1.165) is 32.0 Å². The molecule has 3 aromatic rings. The molecule has 0 saturated heterocycles. The molecule has 0 radical (unpaired) electrons. The van der Waals surface area contributed by atoms with Crippen LogP contribution in [0.5, 0.6) is 5.88 Å². The van der Waals surface area contributed by atoms with E-state index in [1.165, 1.54) is 18.0 Å². The summed E-state index contributed by atoms with van der Waals surface area (Å²) < 4.78 is 21.4. The van der Waals surface area contributed by atoms with Crippen molar-refractivity contribution in [2.45, 2.75) is 19.5 Å². The molecule has 0 aromatic carbocycles. The van der Waals surface area contributed by atoms with Crippen molar-refractivity contribution in [3.05, 3.63) is 66.6 Å². The van der Waals surface area contributed by atoms with E-state index in [9.17, 15) is 4.39 Å². The van der Waals surface area contributed by atoms with Gasteiger partial charge in [0.1, 0.15) is 0 Å². The van der Waals surface area contributed by atoms with Crippen molar-refractivity contribution in [1.29, 1.82) is 0 Å². The number of pyridine rings is 1. The summed E-state index contributed by atoms with van der Waals surface area (Å²) in [6.45, 7) is 2.89. The van der Waals surface area contributed by atoms with Gasteiger partial charge in [-0.25, -0.2) is 19.3 Å². The Morgan fingerprint density at radius 3 is 2.73 bits per heavy atom. The molecule has 0 saturated carbocycles. The number of fused-ring (bicyclic) bond motifs is 1. The van der Waals surface area contributed by atoms with Gasteiger partial charge in [-0.3, -0.25) is 0 Å². The van der Waals surface area contributed by atoms with Gasteiger partial charge in [0.15, 0.2) is 5.82 Å². The second-order valence-electron chi connectivity index (χ2n) is 6.37. The molecule has 7 heteroatoms. The lowest BCUT2D eigenvalue weighted by atomic mass is 10.1. The molecule has 0 fully saturated rings. The van der Waals surface area contributed by atoms with E-state index in [2.05, 4.69) is 42.7 Å². The van der Waals surface area contributed by atoms with Crippen LogP contribution >= 0.6 is 0 Å². The minimum absolute atomic E-state index is 0.0611. The quantitative estimate of drug-likeness (QED) is 0.706. The lowest BCUT2D eigenvalue weighted by Gasteiger charge is -2.24. The second-order valence-corrected chi connectivity index (χ2v) is 6.37. The average Bonchev–Trinajstić information content (AvgIpc) is 3.02. The van der Waals surface area contributed by atoms with Crippen LogP contribution in [0, 0.1) is 11.7 Å².